The number of anilines is 1. The average molecular weight is 230 g/mol. The summed E-state index contributed by atoms with van der Waals surface area (Å²) in [6.07, 6.45) is 9.74. The van der Waals surface area contributed by atoms with Gasteiger partial charge >= 0.3 is 0 Å². The molecule has 0 aliphatic heterocycles. The van der Waals surface area contributed by atoms with Gasteiger partial charge in [-0.25, -0.2) is 9.97 Å². The van der Waals surface area contributed by atoms with Crippen LogP contribution in [-0.4, -0.2) is 22.6 Å². The first-order chi connectivity index (χ1) is 8.35. The van der Waals surface area contributed by atoms with Gasteiger partial charge in [0.1, 0.15) is 11.9 Å². The molecular formula is C13H18N4. The molecule has 0 N–H and O–H groups in total. The lowest BCUT2D eigenvalue weighted by atomic mass is 9.94. The van der Waals surface area contributed by atoms with E-state index in [0.29, 0.717) is 11.7 Å². The van der Waals surface area contributed by atoms with Crippen molar-refractivity contribution in [1.82, 2.24) is 9.97 Å². The Morgan fingerprint density at radius 3 is 2.59 bits per heavy atom. The van der Waals surface area contributed by atoms with Crippen LogP contribution >= 0.6 is 0 Å². The normalized spacial score (nSPS) is 16.5. The highest BCUT2D eigenvalue weighted by Gasteiger charge is 2.21. The van der Waals surface area contributed by atoms with E-state index in [1.165, 1.54) is 32.1 Å². The second kappa shape index (κ2) is 5.62. The van der Waals surface area contributed by atoms with Gasteiger partial charge in [-0.1, -0.05) is 19.3 Å². The lowest BCUT2D eigenvalue weighted by Crippen LogP contribution is -2.37. The Morgan fingerprint density at radius 1 is 1.29 bits per heavy atom. The van der Waals surface area contributed by atoms with E-state index in [0.717, 1.165) is 12.4 Å². The van der Waals surface area contributed by atoms with Crippen molar-refractivity contribution in [1.29, 1.82) is 5.26 Å². The lowest BCUT2D eigenvalue weighted by Gasteiger charge is -2.34. The molecule has 1 aromatic rings. The van der Waals surface area contributed by atoms with Crippen LogP contribution in [0.15, 0.2) is 12.4 Å². The van der Waals surface area contributed by atoms with Crippen molar-refractivity contribution in [2.45, 2.75) is 45.1 Å². The average Bonchev–Trinajstić information content (AvgIpc) is 2.42. The molecule has 1 saturated carbocycles. The van der Waals surface area contributed by atoms with Gasteiger partial charge in [-0.3, -0.25) is 0 Å². The zero-order valence-electron chi connectivity index (χ0n) is 10.3. The Hall–Kier alpha value is -1.63. The maximum Gasteiger partial charge on any atom is 0.158 e. The summed E-state index contributed by atoms with van der Waals surface area (Å²) in [5, 5.41) is 8.71. The molecular weight excluding hydrogens is 212 g/mol. The number of nitrogens with zero attached hydrogens (tertiary/aromatic N) is 4. The quantitative estimate of drug-likeness (QED) is 0.800. The molecule has 4 nitrogen and oxygen atoms in total. The van der Waals surface area contributed by atoms with Crippen LogP contribution < -0.4 is 4.90 Å². The third kappa shape index (κ3) is 2.73. The molecule has 0 atom stereocenters. The van der Waals surface area contributed by atoms with Crippen LogP contribution in [0.3, 0.4) is 0 Å². The molecule has 2 rings (SSSR count). The van der Waals surface area contributed by atoms with E-state index in [4.69, 9.17) is 5.26 Å². The van der Waals surface area contributed by atoms with Gasteiger partial charge in [0.2, 0.25) is 0 Å². The Labute approximate surface area is 102 Å². The summed E-state index contributed by atoms with van der Waals surface area (Å²) >= 11 is 0. The van der Waals surface area contributed by atoms with Crippen LogP contribution in [0.25, 0.3) is 0 Å². The Bertz CT molecular complexity index is 387. The van der Waals surface area contributed by atoms with Crippen LogP contribution in [-0.2, 0) is 0 Å². The van der Waals surface area contributed by atoms with Crippen molar-refractivity contribution in [3.8, 4) is 6.07 Å². The summed E-state index contributed by atoms with van der Waals surface area (Å²) < 4.78 is 0. The van der Waals surface area contributed by atoms with Crippen molar-refractivity contribution in [2.75, 3.05) is 11.4 Å². The summed E-state index contributed by atoms with van der Waals surface area (Å²) in [5.41, 5.74) is 0.383. The molecule has 0 radical (unpaired) electrons. The maximum absolute atomic E-state index is 8.71. The second-order valence-corrected chi connectivity index (χ2v) is 4.45. The molecule has 1 aliphatic rings. The van der Waals surface area contributed by atoms with E-state index in [2.05, 4.69) is 21.8 Å². The molecule has 4 heteroatoms. The van der Waals surface area contributed by atoms with Crippen molar-refractivity contribution in [2.24, 2.45) is 0 Å². The summed E-state index contributed by atoms with van der Waals surface area (Å²) in [6.45, 7) is 3.10. The highest BCUT2D eigenvalue weighted by Crippen LogP contribution is 2.25. The van der Waals surface area contributed by atoms with E-state index in [1.54, 1.807) is 12.4 Å². The van der Waals surface area contributed by atoms with Gasteiger partial charge in [-0.2, -0.15) is 5.26 Å². The van der Waals surface area contributed by atoms with Gasteiger partial charge in [0, 0.05) is 12.6 Å². The Balaban J connectivity index is 2.13. The molecule has 1 fully saturated rings. The fourth-order valence-electron chi connectivity index (χ4n) is 2.53. The van der Waals surface area contributed by atoms with Crippen LogP contribution in [0.2, 0.25) is 0 Å². The van der Waals surface area contributed by atoms with Crippen LogP contribution in [0.4, 0.5) is 5.82 Å². The topological polar surface area (TPSA) is 52.8 Å². The predicted octanol–water partition coefficient (Wildman–Crippen LogP) is 2.51. The molecule has 1 aromatic heterocycles. The largest absolute Gasteiger partial charge is 0.353 e. The molecule has 0 unspecified atom stereocenters. The van der Waals surface area contributed by atoms with Gasteiger partial charge in [0.25, 0.3) is 0 Å². The van der Waals surface area contributed by atoms with Crippen molar-refractivity contribution >= 4 is 5.82 Å². The van der Waals surface area contributed by atoms with Gasteiger partial charge in [-0.15, -0.1) is 0 Å². The van der Waals surface area contributed by atoms with Crippen molar-refractivity contribution in [3.63, 3.8) is 0 Å². The molecule has 1 heterocycles. The molecule has 0 amide bonds. The number of nitriles is 1. The number of hydrogen-bond acceptors (Lipinski definition) is 4. The standard InChI is InChI=1S/C13H18N4/c1-2-17(12-6-4-3-5-7-12)13-10-15-11(8-14)9-16-13/h9-10,12H,2-7H2,1H3. The number of hydrogen-bond donors (Lipinski definition) is 0. The zero-order valence-corrected chi connectivity index (χ0v) is 10.3. The summed E-state index contributed by atoms with van der Waals surface area (Å²) in [6, 6.07) is 2.59. The fraction of sp³-hybridized carbons (Fsp3) is 0.615. The van der Waals surface area contributed by atoms with Gasteiger partial charge in [0.05, 0.1) is 12.4 Å². The Kier molecular flexibility index (Phi) is 3.92. The van der Waals surface area contributed by atoms with Crippen molar-refractivity contribution < 1.29 is 0 Å². The number of aromatic nitrogens is 2. The third-order valence-electron chi connectivity index (χ3n) is 3.40. The molecule has 0 aromatic carbocycles. The van der Waals surface area contributed by atoms with E-state index in [9.17, 15) is 0 Å². The molecule has 1 aliphatic carbocycles. The van der Waals surface area contributed by atoms with Gasteiger partial charge in [-0.05, 0) is 19.8 Å². The first-order valence-electron chi connectivity index (χ1n) is 6.34. The summed E-state index contributed by atoms with van der Waals surface area (Å²) in [7, 11) is 0. The molecule has 0 spiro atoms. The fourth-order valence-corrected chi connectivity index (χ4v) is 2.53. The van der Waals surface area contributed by atoms with Crippen LogP contribution in [0.5, 0.6) is 0 Å². The zero-order chi connectivity index (χ0) is 12.1. The first-order valence-corrected chi connectivity index (χ1v) is 6.34. The minimum Gasteiger partial charge on any atom is -0.353 e. The molecule has 90 valence electrons. The lowest BCUT2D eigenvalue weighted by molar-refractivity contribution is 0.416. The van der Waals surface area contributed by atoms with E-state index >= 15 is 0 Å². The summed E-state index contributed by atoms with van der Waals surface area (Å²) in [5.74, 6) is 0.901. The van der Waals surface area contributed by atoms with Gasteiger partial charge in [0.15, 0.2) is 5.69 Å². The van der Waals surface area contributed by atoms with Gasteiger partial charge < -0.3 is 4.90 Å². The highest BCUT2D eigenvalue weighted by atomic mass is 15.2. The van der Waals surface area contributed by atoms with E-state index < -0.39 is 0 Å². The SMILES string of the molecule is CCN(c1cnc(C#N)cn1)C1CCCCC1. The van der Waals surface area contributed by atoms with Crippen molar-refractivity contribution in [3.05, 3.63) is 18.1 Å². The molecule has 17 heavy (non-hydrogen) atoms. The molecule has 0 bridgehead atoms. The molecule has 0 saturated heterocycles. The minimum absolute atomic E-state index is 0.383. The van der Waals surface area contributed by atoms with E-state index in [-0.39, 0.29) is 0 Å². The predicted molar refractivity (Wildman–Crippen MR) is 66.6 cm³/mol. The van der Waals surface area contributed by atoms with E-state index in [1.807, 2.05) is 6.07 Å². The van der Waals surface area contributed by atoms with Crippen LogP contribution in [0, 0.1) is 11.3 Å². The highest BCUT2D eigenvalue weighted by molar-refractivity contribution is 5.38. The third-order valence-corrected chi connectivity index (χ3v) is 3.40. The maximum atomic E-state index is 8.71. The Morgan fingerprint density at radius 2 is 2.06 bits per heavy atom. The first kappa shape index (κ1) is 11.8. The number of rotatable bonds is 3. The monoisotopic (exact) mass is 230 g/mol. The minimum atomic E-state index is 0.383. The van der Waals surface area contributed by atoms with Crippen LogP contribution in [0.1, 0.15) is 44.7 Å². The smallest absolute Gasteiger partial charge is 0.158 e. The summed E-state index contributed by atoms with van der Waals surface area (Å²) in [4.78, 5) is 10.7. The second-order valence-electron chi connectivity index (χ2n) is 4.45.